The summed E-state index contributed by atoms with van der Waals surface area (Å²) in [7, 11) is 0. The molecular weight excluding hydrogens is 418 g/mol. The molecule has 32 heavy (non-hydrogen) atoms. The van der Waals surface area contributed by atoms with Crippen LogP contribution in [0.4, 0.5) is 17.6 Å². The Balaban J connectivity index is 1.61. The highest BCUT2D eigenvalue weighted by molar-refractivity contribution is 5.26. The van der Waals surface area contributed by atoms with Crippen LogP contribution in [-0.2, 0) is 16.9 Å². The second kappa shape index (κ2) is 9.43. The molecule has 0 aromatic heterocycles. The van der Waals surface area contributed by atoms with Gasteiger partial charge in [-0.3, -0.25) is 4.90 Å². The maximum absolute atomic E-state index is 14.1. The summed E-state index contributed by atoms with van der Waals surface area (Å²) in [4.78, 5) is 2.21. The maximum atomic E-state index is 14.1. The molecule has 0 radical (unpaired) electrons. The Hall–Kier alpha value is -2.70. The van der Waals surface area contributed by atoms with Gasteiger partial charge in [-0.05, 0) is 41.7 Å². The van der Waals surface area contributed by atoms with E-state index in [0.717, 1.165) is 12.1 Å². The van der Waals surface area contributed by atoms with Crippen molar-refractivity contribution in [2.75, 3.05) is 13.1 Å². The molecular formula is C26H25F4NO. The van der Waals surface area contributed by atoms with Crippen LogP contribution in [0.2, 0.25) is 0 Å². The summed E-state index contributed by atoms with van der Waals surface area (Å²) in [6.45, 7) is 1.87. The highest BCUT2D eigenvalue weighted by atomic mass is 19.4. The average molecular weight is 443 g/mol. The summed E-state index contributed by atoms with van der Waals surface area (Å²) < 4.78 is 61.8. The number of halogens is 4. The van der Waals surface area contributed by atoms with Gasteiger partial charge in [0.25, 0.3) is 0 Å². The molecule has 3 aromatic carbocycles. The van der Waals surface area contributed by atoms with E-state index in [1.807, 2.05) is 30.3 Å². The first-order valence-electron chi connectivity index (χ1n) is 10.7. The van der Waals surface area contributed by atoms with Crippen LogP contribution in [0, 0.1) is 5.82 Å². The molecule has 6 heteroatoms. The molecule has 4 rings (SSSR count). The maximum Gasteiger partial charge on any atom is 0.418 e. The molecule has 2 nitrogen and oxygen atoms in total. The fourth-order valence-electron chi connectivity index (χ4n) is 4.32. The van der Waals surface area contributed by atoms with Crippen molar-refractivity contribution >= 4 is 0 Å². The Morgan fingerprint density at radius 1 is 0.812 bits per heavy atom. The lowest BCUT2D eigenvalue weighted by atomic mass is 9.83. The smallest absolute Gasteiger partial charge is 0.353 e. The Bertz CT molecular complexity index is 982. The Morgan fingerprint density at radius 3 is 1.94 bits per heavy atom. The molecule has 1 fully saturated rings. The molecule has 1 aliphatic heterocycles. The van der Waals surface area contributed by atoms with Crippen LogP contribution >= 0.6 is 0 Å². The lowest BCUT2D eigenvalue weighted by Gasteiger charge is -2.44. The van der Waals surface area contributed by atoms with E-state index >= 15 is 0 Å². The van der Waals surface area contributed by atoms with Crippen molar-refractivity contribution in [1.29, 1.82) is 0 Å². The zero-order chi connectivity index (χ0) is 22.6. The van der Waals surface area contributed by atoms with Gasteiger partial charge in [0.1, 0.15) is 5.82 Å². The molecule has 0 saturated carbocycles. The van der Waals surface area contributed by atoms with Gasteiger partial charge in [0.2, 0.25) is 0 Å². The molecule has 0 amide bonds. The fraction of sp³-hybridized carbons (Fsp3) is 0.308. The third kappa shape index (κ3) is 5.19. The average Bonchev–Trinajstić information content (AvgIpc) is 2.80. The summed E-state index contributed by atoms with van der Waals surface area (Å²) in [5.41, 5.74) is 0.633. The van der Waals surface area contributed by atoms with Crippen molar-refractivity contribution in [2.45, 2.75) is 37.3 Å². The minimum atomic E-state index is -4.57. The topological polar surface area (TPSA) is 12.5 Å². The number of rotatable bonds is 6. The van der Waals surface area contributed by atoms with Gasteiger partial charge in [0.15, 0.2) is 6.10 Å². The van der Waals surface area contributed by atoms with Gasteiger partial charge in [0.05, 0.1) is 5.60 Å². The number of hydrogen-bond donors (Lipinski definition) is 0. The van der Waals surface area contributed by atoms with E-state index in [-0.39, 0.29) is 5.56 Å². The van der Waals surface area contributed by atoms with Gasteiger partial charge in [-0.25, -0.2) is 4.39 Å². The first kappa shape index (κ1) is 22.5. The largest absolute Gasteiger partial charge is 0.418 e. The van der Waals surface area contributed by atoms with Crippen LogP contribution in [0.5, 0.6) is 0 Å². The summed E-state index contributed by atoms with van der Waals surface area (Å²) in [6, 6.07) is 23.3. The highest BCUT2D eigenvalue weighted by Gasteiger charge is 2.48. The summed E-state index contributed by atoms with van der Waals surface area (Å²) in [5, 5.41) is 0. The van der Waals surface area contributed by atoms with Crippen LogP contribution < -0.4 is 0 Å². The van der Waals surface area contributed by atoms with E-state index < -0.39 is 23.7 Å². The summed E-state index contributed by atoms with van der Waals surface area (Å²) in [6.07, 6.45) is -5.87. The Labute approximate surface area is 185 Å². The lowest BCUT2D eigenvalue weighted by molar-refractivity contribution is -0.267. The molecule has 1 heterocycles. The third-order valence-electron chi connectivity index (χ3n) is 6.03. The minimum absolute atomic E-state index is 0.0631. The van der Waals surface area contributed by atoms with E-state index in [9.17, 15) is 17.6 Å². The van der Waals surface area contributed by atoms with E-state index in [1.54, 1.807) is 30.3 Å². The van der Waals surface area contributed by atoms with E-state index in [0.29, 0.717) is 31.5 Å². The van der Waals surface area contributed by atoms with Crippen LogP contribution in [-0.4, -0.2) is 24.2 Å². The first-order chi connectivity index (χ1) is 15.4. The van der Waals surface area contributed by atoms with E-state index in [4.69, 9.17) is 4.74 Å². The molecule has 1 aliphatic rings. The summed E-state index contributed by atoms with van der Waals surface area (Å²) in [5.74, 6) is -0.430. The fourth-order valence-corrected chi connectivity index (χ4v) is 4.32. The van der Waals surface area contributed by atoms with Gasteiger partial charge in [-0.15, -0.1) is 0 Å². The van der Waals surface area contributed by atoms with Crippen molar-refractivity contribution in [3.63, 3.8) is 0 Å². The summed E-state index contributed by atoms with van der Waals surface area (Å²) >= 11 is 0. The predicted molar refractivity (Wildman–Crippen MR) is 115 cm³/mol. The van der Waals surface area contributed by atoms with Crippen molar-refractivity contribution in [2.24, 2.45) is 0 Å². The SMILES string of the molecule is Fc1ccc(C2(OC(c3ccccc3)C(F)(F)F)CCN(Cc3ccccc3)CC2)cc1. The van der Waals surface area contributed by atoms with E-state index in [1.165, 1.54) is 24.3 Å². The first-order valence-corrected chi connectivity index (χ1v) is 10.7. The number of nitrogens with zero attached hydrogens (tertiary/aromatic N) is 1. The second-order valence-electron chi connectivity index (χ2n) is 8.21. The molecule has 168 valence electrons. The van der Waals surface area contributed by atoms with Gasteiger partial charge >= 0.3 is 6.18 Å². The zero-order valence-corrected chi connectivity index (χ0v) is 17.6. The zero-order valence-electron chi connectivity index (χ0n) is 17.6. The van der Waals surface area contributed by atoms with Gasteiger partial charge in [0, 0.05) is 19.6 Å². The van der Waals surface area contributed by atoms with Gasteiger partial charge in [-0.1, -0.05) is 72.8 Å². The van der Waals surface area contributed by atoms with Gasteiger partial charge < -0.3 is 4.74 Å². The van der Waals surface area contributed by atoms with Crippen molar-refractivity contribution in [3.05, 3.63) is 107 Å². The standard InChI is InChI=1S/C26H25F4NO/c27-23-13-11-22(12-14-23)25(32-24(26(28,29)30)21-9-5-2-6-10-21)15-17-31(18-16-25)19-20-7-3-1-4-8-20/h1-14,24H,15-19H2. The monoisotopic (exact) mass is 443 g/mol. The lowest BCUT2D eigenvalue weighted by Crippen LogP contribution is -2.46. The molecule has 3 aromatic rings. The molecule has 1 unspecified atom stereocenters. The third-order valence-corrected chi connectivity index (χ3v) is 6.03. The Kier molecular flexibility index (Phi) is 6.63. The Morgan fingerprint density at radius 2 is 1.38 bits per heavy atom. The van der Waals surface area contributed by atoms with Crippen LogP contribution in [0.3, 0.4) is 0 Å². The number of ether oxygens (including phenoxy) is 1. The van der Waals surface area contributed by atoms with Gasteiger partial charge in [-0.2, -0.15) is 13.2 Å². The van der Waals surface area contributed by atoms with E-state index in [2.05, 4.69) is 4.90 Å². The number of hydrogen-bond acceptors (Lipinski definition) is 2. The predicted octanol–water partition coefficient (Wildman–Crippen LogP) is 6.64. The molecule has 0 N–H and O–H groups in total. The number of benzene rings is 3. The van der Waals surface area contributed by atoms with Crippen molar-refractivity contribution < 1.29 is 22.3 Å². The molecule has 0 spiro atoms. The molecule has 1 atom stereocenters. The molecule has 0 aliphatic carbocycles. The number of alkyl halides is 3. The molecule has 1 saturated heterocycles. The van der Waals surface area contributed by atoms with Crippen molar-refractivity contribution in [1.82, 2.24) is 4.90 Å². The number of likely N-dealkylation sites (tertiary alicyclic amines) is 1. The number of piperidine rings is 1. The second-order valence-corrected chi connectivity index (χ2v) is 8.21. The van der Waals surface area contributed by atoms with Crippen LogP contribution in [0.25, 0.3) is 0 Å². The normalized spacial score (nSPS) is 17.8. The molecule has 0 bridgehead atoms. The highest BCUT2D eigenvalue weighted by Crippen LogP contribution is 2.46. The quantitative estimate of drug-likeness (QED) is 0.396. The van der Waals surface area contributed by atoms with Crippen LogP contribution in [0.15, 0.2) is 84.9 Å². The van der Waals surface area contributed by atoms with Crippen LogP contribution in [0.1, 0.15) is 35.6 Å². The van der Waals surface area contributed by atoms with Crippen molar-refractivity contribution in [3.8, 4) is 0 Å². The minimum Gasteiger partial charge on any atom is -0.353 e.